The van der Waals surface area contributed by atoms with Crippen molar-refractivity contribution >= 4 is 43.9 Å². The molecule has 0 fully saturated rings. The van der Waals surface area contributed by atoms with Crippen LogP contribution < -0.4 is 16.0 Å². The summed E-state index contributed by atoms with van der Waals surface area (Å²) in [4.78, 5) is 8.83. The van der Waals surface area contributed by atoms with E-state index in [1.807, 2.05) is 13.8 Å². The summed E-state index contributed by atoms with van der Waals surface area (Å²) in [5, 5.41) is 0.416. The Morgan fingerprint density at radius 2 is 2.10 bits per heavy atom. The fraction of sp³-hybridized carbons (Fsp3) is 0.200. The van der Waals surface area contributed by atoms with E-state index in [4.69, 9.17) is 17.4 Å². The van der Waals surface area contributed by atoms with E-state index >= 15 is 0 Å². The van der Waals surface area contributed by atoms with Crippen molar-refractivity contribution < 1.29 is 8.42 Å². The highest BCUT2D eigenvalue weighted by molar-refractivity contribution is 7.93. The molecule has 20 heavy (non-hydrogen) atoms. The third-order valence-corrected chi connectivity index (χ3v) is 5.22. The number of anilines is 2. The van der Waals surface area contributed by atoms with Crippen molar-refractivity contribution in [3.63, 3.8) is 0 Å². The zero-order valence-corrected chi connectivity index (χ0v) is 13.0. The first-order chi connectivity index (χ1) is 9.33. The average Bonchev–Trinajstić information content (AvgIpc) is 2.67. The lowest BCUT2D eigenvalue weighted by Gasteiger charge is -2.07. The van der Waals surface area contributed by atoms with Crippen LogP contribution in [0.1, 0.15) is 10.6 Å². The number of nitrogens with one attached hydrogen (secondary N) is 2. The standard InChI is InChI=1S/C10H12ClN5O2S2/c1-5-6(2)19-10(14-5)16-20(17,18)7-3-8(11)9(15-12)13-4-7/h3-4H,12H2,1-2H3,(H,13,15)(H,14,16). The highest BCUT2D eigenvalue weighted by Crippen LogP contribution is 2.26. The summed E-state index contributed by atoms with van der Waals surface area (Å²) < 4.78 is 26.7. The second-order valence-corrected chi connectivity index (χ2v) is 7.20. The van der Waals surface area contributed by atoms with E-state index in [-0.39, 0.29) is 15.7 Å². The predicted octanol–water partition coefficient (Wildman–Crippen LogP) is 1.89. The first kappa shape index (κ1) is 15.0. The van der Waals surface area contributed by atoms with Crippen molar-refractivity contribution in [3.8, 4) is 0 Å². The van der Waals surface area contributed by atoms with E-state index in [0.717, 1.165) is 16.8 Å². The number of hydrazine groups is 1. The monoisotopic (exact) mass is 333 g/mol. The Morgan fingerprint density at radius 1 is 1.40 bits per heavy atom. The molecular formula is C10H12ClN5O2S2. The zero-order chi connectivity index (χ0) is 14.9. The number of sulfonamides is 1. The van der Waals surface area contributed by atoms with Crippen LogP contribution >= 0.6 is 22.9 Å². The van der Waals surface area contributed by atoms with Crippen LogP contribution in [0.5, 0.6) is 0 Å². The lowest BCUT2D eigenvalue weighted by Crippen LogP contribution is -2.14. The molecule has 0 atom stereocenters. The minimum absolute atomic E-state index is 0.0630. The van der Waals surface area contributed by atoms with Gasteiger partial charge in [-0.15, -0.1) is 11.3 Å². The van der Waals surface area contributed by atoms with Crippen molar-refractivity contribution in [1.29, 1.82) is 0 Å². The maximum atomic E-state index is 12.2. The average molecular weight is 334 g/mol. The quantitative estimate of drug-likeness (QED) is 0.582. The predicted molar refractivity (Wildman–Crippen MR) is 79.5 cm³/mol. The molecule has 4 N–H and O–H groups in total. The molecule has 0 amide bonds. The van der Waals surface area contributed by atoms with E-state index in [1.165, 1.54) is 17.4 Å². The molecule has 10 heteroatoms. The Balaban J connectivity index is 2.33. The molecule has 0 bridgehead atoms. The topological polar surface area (TPSA) is 110 Å². The molecule has 0 spiro atoms. The van der Waals surface area contributed by atoms with Crippen LogP contribution in [-0.4, -0.2) is 18.4 Å². The van der Waals surface area contributed by atoms with Crippen LogP contribution in [0.3, 0.4) is 0 Å². The molecule has 0 aliphatic heterocycles. The van der Waals surface area contributed by atoms with E-state index in [0.29, 0.717) is 5.13 Å². The van der Waals surface area contributed by atoms with Crippen molar-refractivity contribution in [2.75, 3.05) is 10.1 Å². The van der Waals surface area contributed by atoms with Gasteiger partial charge in [0, 0.05) is 11.1 Å². The Labute approximate surface area is 125 Å². The third kappa shape index (κ3) is 3.01. The molecule has 2 aromatic heterocycles. The van der Waals surface area contributed by atoms with E-state index in [2.05, 4.69) is 20.1 Å². The summed E-state index contributed by atoms with van der Waals surface area (Å²) in [5.74, 6) is 5.38. The van der Waals surface area contributed by atoms with Gasteiger partial charge < -0.3 is 5.43 Å². The Hall–Kier alpha value is -1.42. The molecule has 108 valence electrons. The number of aromatic nitrogens is 2. The number of nitrogen functional groups attached to an aromatic ring is 1. The summed E-state index contributed by atoms with van der Waals surface area (Å²) in [6.45, 7) is 3.68. The largest absolute Gasteiger partial charge is 0.307 e. The smallest absolute Gasteiger partial charge is 0.265 e. The van der Waals surface area contributed by atoms with Crippen LogP contribution in [0.15, 0.2) is 17.2 Å². The van der Waals surface area contributed by atoms with Crippen LogP contribution in [0.2, 0.25) is 5.02 Å². The molecule has 2 rings (SSSR count). The molecule has 0 saturated carbocycles. The van der Waals surface area contributed by atoms with Gasteiger partial charge in [0.1, 0.15) is 4.90 Å². The summed E-state index contributed by atoms with van der Waals surface area (Å²) in [6, 6.07) is 1.26. The van der Waals surface area contributed by atoms with Gasteiger partial charge in [0.15, 0.2) is 10.9 Å². The molecule has 2 heterocycles. The maximum absolute atomic E-state index is 12.2. The lowest BCUT2D eigenvalue weighted by atomic mass is 10.4. The van der Waals surface area contributed by atoms with Crippen molar-refractivity contribution in [2.45, 2.75) is 18.7 Å². The summed E-state index contributed by atoms with van der Waals surface area (Å²) >= 11 is 7.12. The molecule has 0 saturated heterocycles. The molecule has 7 nitrogen and oxygen atoms in total. The summed E-state index contributed by atoms with van der Waals surface area (Å²) in [5.41, 5.74) is 3.05. The Morgan fingerprint density at radius 3 is 2.60 bits per heavy atom. The van der Waals surface area contributed by atoms with Crippen LogP contribution in [0, 0.1) is 13.8 Å². The van der Waals surface area contributed by atoms with Gasteiger partial charge in [0.25, 0.3) is 10.0 Å². The summed E-state index contributed by atoms with van der Waals surface area (Å²) in [7, 11) is -3.78. The Bertz CT molecular complexity index is 725. The van der Waals surface area contributed by atoms with E-state index < -0.39 is 10.0 Å². The Kier molecular flexibility index (Phi) is 4.14. The number of hydrogen-bond acceptors (Lipinski definition) is 7. The van der Waals surface area contributed by atoms with Gasteiger partial charge in [-0.05, 0) is 19.9 Å². The second-order valence-electron chi connectivity index (χ2n) is 3.91. The number of nitrogens with zero attached hydrogens (tertiary/aromatic N) is 2. The van der Waals surface area contributed by atoms with Crippen LogP contribution in [0.25, 0.3) is 0 Å². The molecular weight excluding hydrogens is 322 g/mol. The first-order valence-corrected chi connectivity index (χ1v) is 8.10. The number of thiazole rings is 1. The van der Waals surface area contributed by atoms with Gasteiger partial charge in [-0.3, -0.25) is 4.72 Å². The van der Waals surface area contributed by atoms with Crippen LogP contribution in [-0.2, 0) is 10.0 Å². The number of pyridine rings is 1. The minimum atomic E-state index is -3.78. The van der Waals surface area contributed by atoms with Gasteiger partial charge in [-0.25, -0.2) is 24.2 Å². The van der Waals surface area contributed by atoms with Gasteiger partial charge in [0.2, 0.25) is 0 Å². The normalized spacial score (nSPS) is 11.4. The zero-order valence-electron chi connectivity index (χ0n) is 10.6. The second kappa shape index (κ2) is 5.52. The molecule has 0 radical (unpaired) electrons. The lowest BCUT2D eigenvalue weighted by molar-refractivity contribution is 0.601. The van der Waals surface area contributed by atoms with Crippen molar-refractivity contribution in [2.24, 2.45) is 5.84 Å². The number of hydrogen-bond donors (Lipinski definition) is 3. The molecule has 2 aromatic rings. The minimum Gasteiger partial charge on any atom is -0.307 e. The number of rotatable bonds is 4. The maximum Gasteiger partial charge on any atom is 0.265 e. The molecule has 0 aliphatic carbocycles. The molecule has 0 unspecified atom stereocenters. The fourth-order valence-corrected chi connectivity index (χ4v) is 3.67. The first-order valence-electron chi connectivity index (χ1n) is 5.42. The van der Waals surface area contributed by atoms with E-state index in [9.17, 15) is 8.42 Å². The van der Waals surface area contributed by atoms with Gasteiger partial charge in [0.05, 0.1) is 10.7 Å². The van der Waals surface area contributed by atoms with E-state index in [1.54, 1.807) is 0 Å². The molecule has 0 aromatic carbocycles. The number of nitrogens with two attached hydrogens (primary N) is 1. The number of aryl methyl sites for hydroxylation is 2. The third-order valence-electron chi connectivity index (χ3n) is 2.51. The van der Waals surface area contributed by atoms with Gasteiger partial charge in [-0.1, -0.05) is 11.6 Å². The summed E-state index contributed by atoms with van der Waals surface area (Å²) in [6.07, 6.45) is 1.16. The van der Waals surface area contributed by atoms with Crippen molar-refractivity contribution in [1.82, 2.24) is 9.97 Å². The number of halogens is 1. The highest BCUT2D eigenvalue weighted by atomic mass is 35.5. The van der Waals surface area contributed by atoms with Gasteiger partial charge >= 0.3 is 0 Å². The SMILES string of the molecule is Cc1nc(NS(=O)(=O)c2cnc(NN)c(Cl)c2)sc1C. The van der Waals surface area contributed by atoms with Crippen molar-refractivity contribution in [3.05, 3.63) is 27.9 Å². The van der Waals surface area contributed by atoms with Gasteiger partial charge in [-0.2, -0.15) is 0 Å². The highest BCUT2D eigenvalue weighted by Gasteiger charge is 2.18. The fourth-order valence-electron chi connectivity index (χ4n) is 1.36. The van der Waals surface area contributed by atoms with Crippen LogP contribution in [0.4, 0.5) is 10.9 Å². The molecule has 0 aliphatic rings.